The Kier molecular flexibility index (Phi) is 3.83. The Bertz CT molecular complexity index is 710. The molecular weight excluding hydrogens is 278 g/mol. The molecule has 0 aliphatic heterocycles. The van der Waals surface area contributed by atoms with Gasteiger partial charge in [0.15, 0.2) is 0 Å². The topological polar surface area (TPSA) is 123 Å². The lowest BCUT2D eigenvalue weighted by Gasteiger charge is -2.07. The molecule has 0 amide bonds. The van der Waals surface area contributed by atoms with E-state index in [9.17, 15) is 14.9 Å². The van der Waals surface area contributed by atoms with Crippen LogP contribution in [0.5, 0.6) is 0 Å². The minimum absolute atomic E-state index is 0.0378. The molecule has 0 radical (unpaired) electrons. The molecular formula is C12H13N5O4. The van der Waals surface area contributed by atoms with Crippen LogP contribution >= 0.6 is 0 Å². The Labute approximate surface area is 119 Å². The fourth-order valence-corrected chi connectivity index (χ4v) is 1.84. The van der Waals surface area contributed by atoms with E-state index >= 15 is 0 Å². The van der Waals surface area contributed by atoms with Crippen molar-refractivity contribution in [3.05, 3.63) is 39.8 Å². The summed E-state index contributed by atoms with van der Waals surface area (Å²) >= 11 is 0. The monoisotopic (exact) mass is 291 g/mol. The summed E-state index contributed by atoms with van der Waals surface area (Å²) < 4.78 is 1.59. The molecule has 2 heterocycles. The summed E-state index contributed by atoms with van der Waals surface area (Å²) in [7, 11) is 1.74. The summed E-state index contributed by atoms with van der Waals surface area (Å²) in [6, 6.07) is 0.972. The van der Waals surface area contributed by atoms with E-state index in [0.717, 1.165) is 18.0 Å². The van der Waals surface area contributed by atoms with Crippen LogP contribution in [0, 0.1) is 10.1 Å². The van der Waals surface area contributed by atoms with Crippen LogP contribution in [-0.4, -0.2) is 30.8 Å². The van der Waals surface area contributed by atoms with E-state index in [1.807, 2.05) is 6.92 Å². The van der Waals surface area contributed by atoms with Gasteiger partial charge in [-0.05, 0) is 6.42 Å². The summed E-state index contributed by atoms with van der Waals surface area (Å²) in [5.41, 5.74) is 0.716. The maximum absolute atomic E-state index is 11.2. The minimum Gasteiger partial charge on any atom is -0.478 e. The van der Waals surface area contributed by atoms with Gasteiger partial charge in [-0.2, -0.15) is 5.10 Å². The average Bonchev–Trinajstić information content (AvgIpc) is 2.78. The van der Waals surface area contributed by atoms with E-state index in [-0.39, 0.29) is 17.1 Å². The normalized spacial score (nSPS) is 10.4. The first kappa shape index (κ1) is 14.4. The van der Waals surface area contributed by atoms with Crippen molar-refractivity contribution < 1.29 is 14.8 Å². The molecule has 2 aromatic rings. The molecule has 0 atom stereocenters. The molecule has 0 spiro atoms. The maximum atomic E-state index is 11.2. The smallest absolute Gasteiger partial charge is 0.339 e. The molecule has 2 aromatic heterocycles. The molecule has 0 saturated carbocycles. The standard InChI is InChI=1S/C12H13N5O4/c1-3-9-10(6-16(2)15-9)14-11-8(12(18)19)4-7(5-13-11)17(20)21/h4-6H,3H2,1-2H3,(H,13,14)(H,18,19). The van der Waals surface area contributed by atoms with Crippen molar-refractivity contribution in [3.63, 3.8) is 0 Å². The van der Waals surface area contributed by atoms with Gasteiger partial charge in [-0.25, -0.2) is 9.78 Å². The van der Waals surface area contributed by atoms with Gasteiger partial charge in [-0.15, -0.1) is 0 Å². The molecule has 21 heavy (non-hydrogen) atoms. The third-order valence-electron chi connectivity index (χ3n) is 2.81. The number of carboxylic acids is 1. The molecule has 9 heteroatoms. The molecule has 0 saturated heterocycles. The highest BCUT2D eigenvalue weighted by Gasteiger charge is 2.19. The summed E-state index contributed by atoms with van der Waals surface area (Å²) in [6.07, 6.45) is 3.35. The first-order valence-corrected chi connectivity index (χ1v) is 6.09. The van der Waals surface area contributed by atoms with Crippen LogP contribution in [0.3, 0.4) is 0 Å². The molecule has 9 nitrogen and oxygen atoms in total. The summed E-state index contributed by atoms with van der Waals surface area (Å²) in [6.45, 7) is 1.91. The van der Waals surface area contributed by atoms with Gasteiger partial charge in [0.2, 0.25) is 0 Å². The van der Waals surface area contributed by atoms with Crippen LogP contribution in [0.4, 0.5) is 17.2 Å². The first-order valence-electron chi connectivity index (χ1n) is 6.09. The van der Waals surface area contributed by atoms with Gasteiger partial charge in [-0.3, -0.25) is 14.8 Å². The van der Waals surface area contributed by atoms with E-state index in [4.69, 9.17) is 5.11 Å². The van der Waals surface area contributed by atoms with Crippen LogP contribution in [0.15, 0.2) is 18.5 Å². The Morgan fingerprint density at radius 2 is 2.29 bits per heavy atom. The molecule has 0 unspecified atom stereocenters. The molecule has 2 N–H and O–H groups in total. The number of nitro groups is 1. The van der Waals surface area contributed by atoms with Gasteiger partial charge >= 0.3 is 5.97 Å². The number of aryl methyl sites for hydroxylation is 2. The van der Waals surface area contributed by atoms with Crippen LogP contribution in [0.25, 0.3) is 0 Å². The number of hydrogen-bond donors (Lipinski definition) is 2. The summed E-state index contributed by atoms with van der Waals surface area (Å²) in [5.74, 6) is -1.26. The van der Waals surface area contributed by atoms with Crippen LogP contribution in [0.2, 0.25) is 0 Å². The van der Waals surface area contributed by atoms with Crippen molar-refractivity contribution in [2.75, 3.05) is 5.32 Å². The zero-order valence-corrected chi connectivity index (χ0v) is 11.4. The van der Waals surface area contributed by atoms with E-state index in [1.165, 1.54) is 0 Å². The SMILES string of the molecule is CCc1nn(C)cc1Nc1ncc([N+](=O)[O-])cc1C(=O)O. The number of hydrogen-bond acceptors (Lipinski definition) is 6. The van der Waals surface area contributed by atoms with Gasteiger partial charge in [0.1, 0.15) is 17.6 Å². The second kappa shape index (κ2) is 5.57. The number of aromatic carboxylic acids is 1. The van der Waals surface area contributed by atoms with Crippen molar-refractivity contribution in [2.45, 2.75) is 13.3 Å². The average molecular weight is 291 g/mol. The van der Waals surface area contributed by atoms with Crippen molar-refractivity contribution in [1.82, 2.24) is 14.8 Å². The molecule has 110 valence electrons. The van der Waals surface area contributed by atoms with Crippen molar-refractivity contribution in [2.24, 2.45) is 7.05 Å². The van der Waals surface area contributed by atoms with Crippen molar-refractivity contribution in [1.29, 1.82) is 0 Å². The Balaban J connectivity index is 2.43. The van der Waals surface area contributed by atoms with Gasteiger partial charge in [0.25, 0.3) is 5.69 Å². The maximum Gasteiger partial charge on any atom is 0.339 e. The van der Waals surface area contributed by atoms with E-state index in [0.29, 0.717) is 12.1 Å². The number of pyridine rings is 1. The summed E-state index contributed by atoms with van der Waals surface area (Å²) in [5, 5.41) is 26.9. The summed E-state index contributed by atoms with van der Waals surface area (Å²) in [4.78, 5) is 25.1. The highest BCUT2D eigenvalue weighted by atomic mass is 16.6. The number of aromatic nitrogens is 3. The minimum atomic E-state index is -1.30. The van der Waals surface area contributed by atoms with Crippen LogP contribution in [-0.2, 0) is 13.5 Å². The third-order valence-corrected chi connectivity index (χ3v) is 2.81. The zero-order valence-electron chi connectivity index (χ0n) is 11.4. The predicted molar refractivity (Wildman–Crippen MR) is 73.7 cm³/mol. The van der Waals surface area contributed by atoms with E-state index in [2.05, 4.69) is 15.4 Å². The number of anilines is 2. The fourth-order valence-electron chi connectivity index (χ4n) is 1.84. The molecule has 2 rings (SSSR count). The van der Waals surface area contributed by atoms with Crippen LogP contribution < -0.4 is 5.32 Å². The fraction of sp³-hybridized carbons (Fsp3) is 0.250. The van der Waals surface area contributed by atoms with Crippen LogP contribution in [0.1, 0.15) is 23.0 Å². The lowest BCUT2D eigenvalue weighted by Crippen LogP contribution is -2.06. The third kappa shape index (κ3) is 2.96. The Hall–Kier alpha value is -2.97. The molecule has 0 aliphatic carbocycles. The second-order valence-electron chi connectivity index (χ2n) is 4.29. The number of rotatable bonds is 5. The van der Waals surface area contributed by atoms with Crippen molar-refractivity contribution in [3.8, 4) is 0 Å². The largest absolute Gasteiger partial charge is 0.478 e. The van der Waals surface area contributed by atoms with Crippen molar-refractivity contribution >= 4 is 23.2 Å². The van der Waals surface area contributed by atoms with Gasteiger partial charge in [0, 0.05) is 19.3 Å². The van der Waals surface area contributed by atoms with E-state index in [1.54, 1.807) is 17.9 Å². The van der Waals surface area contributed by atoms with Gasteiger partial charge < -0.3 is 10.4 Å². The van der Waals surface area contributed by atoms with E-state index < -0.39 is 10.9 Å². The quantitative estimate of drug-likeness (QED) is 0.635. The molecule has 0 aromatic carbocycles. The zero-order chi connectivity index (χ0) is 15.6. The second-order valence-corrected chi connectivity index (χ2v) is 4.29. The highest BCUT2D eigenvalue weighted by Crippen LogP contribution is 2.24. The number of nitrogens with zero attached hydrogens (tertiary/aromatic N) is 4. The van der Waals surface area contributed by atoms with Gasteiger partial charge in [0.05, 0.1) is 16.3 Å². The molecule has 0 aliphatic rings. The number of nitrogens with one attached hydrogen (secondary N) is 1. The molecule has 0 fully saturated rings. The lowest BCUT2D eigenvalue weighted by atomic mass is 10.2. The first-order chi connectivity index (χ1) is 9.92. The molecule has 0 bridgehead atoms. The highest BCUT2D eigenvalue weighted by molar-refractivity contribution is 5.94. The van der Waals surface area contributed by atoms with Gasteiger partial charge in [-0.1, -0.05) is 6.92 Å². The number of carboxylic acid groups (broad SMARTS) is 1. The Morgan fingerprint density at radius 3 is 2.86 bits per heavy atom. The predicted octanol–water partition coefficient (Wildman–Crippen LogP) is 1.73. The Morgan fingerprint density at radius 1 is 1.57 bits per heavy atom. The number of carbonyl (C=O) groups is 1. The lowest BCUT2D eigenvalue weighted by molar-refractivity contribution is -0.385.